The van der Waals surface area contributed by atoms with Gasteiger partial charge in [0.15, 0.2) is 0 Å². The van der Waals surface area contributed by atoms with Crippen molar-refractivity contribution in [1.29, 1.82) is 0 Å². The Bertz CT molecular complexity index is 659. The van der Waals surface area contributed by atoms with E-state index in [-0.39, 0.29) is 11.6 Å². The molecule has 0 atom stereocenters. The first kappa shape index (κ1) is 14.8. The van der Waals surface area contributed by atoms with E-state index in [2.05, 4.69) is 15.5 Å². The molecule has 21 heavy (non-hydrogen) atoms. The lowest BCUT2D eigenvalue weighted by Crippen LogP contribution is -2.25. The molecule has 2 rings (SSSR count). The van der Waals surface area contributed by atoms with Crippen molar-refractivity contribution in [1.82, 2.24) is 20.1 Å². The fourth-order valence-electron chi connectivity index (χ4n) is 2.03. The summed E-state index contributed by atoms with van der Waals surface area (Å²) in [5.41, 5.74) is 1.98. The maximum Gasteiger partial charge on any atom is 0.287 e. The summed E-state index contributed by atoms with van der Waals surface area (Å²) >= 11 is 0. The van der Waals surface area contributed by atoms with Crippen molar-refractivity contribution in [2.75, 3.05) is 0 Å². The maximum absolute atomic E-state index is 12.2. The first-order chi connectivity index (χ1) is 10.0. The Morgan fingerprint density at radius 3 is 2.90 bits per heavy atom. The summed E-state index contributed by atoms with van der Waals surface area (Å²) < 4.78 is 1.61. The molecule has 0 radical (unpaired) electrons. The minimum absolute atomic E-state index is 0.0758. The Morgan fingerprint density at radius 1 is 1.57 bits per heavy atom. The Balaban J connectivity index is 2.14. The van der Waals surface area contributed by atoms with Crippen LogP contribution in [0.25, 0.3) is 0 Å². The number of aromatic nitrogens is 3. The van der Waals surface area contributed by atoms with Crippen LogP contribution < -0.4 is 5.32 Å². The van der Waals surface area contributed by atoms with Crippen LogP contribution in [0.4, 0.5) is 5.69 Å². The molecule has 8 heteroatoms. The number of hydrogen-bond donors (Lipinski definition) is 2. The smallest absolute Gasteiger partial charge is 0.287 e. The van der Waals surface area contributed by atoms with E-state index in [0.717, 1.165) is 17.7 Å². The molecule has 0 aliphatic carbocycles. The van der Waals surface area contributed by atoms with Gasteiger partial charge in [0, 0.05) is 30.4 Å². The number of aromatic amines is 1. The van der Waals surface area contributed by atoms with Crippen molar-refractivity contribution in [3.05, 3.63) is 45.5 Å². The van der Waals surface area contributed by atoms with Crippen molar-refractivity contribution < 1.29 is 9.72 Å². The zero-order valence-corrected chi connectivity index (χ0v) is 11.9. The van der Waals surface area contributed by atoms with Gasteiger partial charge in [0.05, 0.1) is 17.3 Å². The van der Waals surface area contributed by atoms with E-state index >= 15 is 0 Å². The predicted molar refractivity (Wildman–Crippen MR) is 75.9 cm³/mol. The summed E-state index contributed by atoms with van der Waals surface area (Å²) in [5.74, 6) is -0.336. The van der Waals surface area contributed by atoms with Gasteiger partial charge in [-0.3, -0.25) is 20.0 Å². The van der Waals surface area contributed by atoms with Crippen LogP contribution in [0.3, 0.4) is 0 Å². The SMILES string of the molecule is CCCn1cc([N+](=O)[O-])cc1C(=O)NCc1cn[nH]c1C. The van der Waals surface area contributed by atoms with E-state index < -0.39 is 4.92 Å². The topological polar surface area (TPSA) is 106 Å². The summed E-state index contributed by atoms with van der Waals surface area (Å²) in [6.45, 7) is 4.69. The molecule has 2 aromatic heterocycles. The van der Waals surface area contributed by atoms with Gasteiger partial charge in [-0.2, -0.15) is 5.10 Å². The fraction of sp³-hybridized carbons (Fsp3) is 0.385. The number of hydrogen-bond acceptors (Lipinski definition) is 4. The van der Waals surface area contributed by atoms with Crippen LogP contribution in [0, 0.1) is 17.0 Å². The number of carbonyl (C=O) groups excluding carboxylic acids is 1. The molecule has 2 N–H and O–H groups in total. The maximum atomic E-state index is 12.2. The molecule has 8 nitrogen and oxygen atoms in total. The molecular formula is C13H17N5O3. The van der Waals surface area contributed by atoms with Gasteiger partial charge in [0.2, 0.25) is 0 Å². The molecule has 2 heterocycles. The highest BCUT2D eigenvalue weighted by Crippen LogP contribution is 2.17. The molecule has 1 amide bonds. The first-order valence-corrected chi connectivity index (χ1v) is 6.64. The third-order valence-corrected chi connectivity index (χ3v) is 3.16. The fourth-order valence-corrected chi connectivity index (χ4v) is 2.03. The second-order valence-electron chi connectivity index (χ2n) is 4.74. The summed E-state index contributed by atoms with van der Waals surface area (Å²) in [6, 6.07) is 1.30. The third-order valence-electron chi connectivity index (χ3n) is 3.16. The molecule has 0 aromatic carbocycles. The molecular weight excluding hydrogens is 274 g/mol. The molecule has 0 saturated heterocycles. The monoisotopic (exact) mass is 291 g/mol. The Morgan fingerprint density at radius 2 is 2.33 bits per heavy atom. The van der Waals surface area contributed by atoms with Crippen LogP contribution in [0.2, 0.25) is 0 Å². The molecule has 0 aliphatic rings. The summed E-state index contributed by atoms with van der Waals surface area (Å²) in [4.78, 5) is 22.5. The standard InChI is InChI=1S/C13H17N5O3/c1-3-4-17-8-11(18(20)21)5-12(17)13(19)14-6-10-7-15-16-9(10)2/h5,7-8H,3-4,6H2,1-2H3,(H,14,19)(H,15,16). The van der Waals surface area contributed by atoms with E-state index in [1.165, 1.54) is 12.3 Å². The molecule has 0 spiro atoms. The van der Waals surface area contributed by atoms with Crippen molar-refractivity contribution in [3.8, 4) is 0 Å². The third kappa shape index (κ3) is 3.28. The number of nitro groups is 1. The van der Waals surface area contributed by atoms with E-state index in [1.807, 2.05) is 13.8 Å². The van der Waals surface area contributed by atoms with Crippen LogP contribution >= 0.6 is 0 Å². The number of amides is 1. The van der Waals surface area contributed by atoms with Crippen LogP contribution in [0.15, 0.2) is 18.5 Å². The average Bonchev–Trinajstić information content (AvgIpc) is 3.03. The zero-order chi connectivity index (χ0) is 15.4. The van der Waals surface area contributed by atoms with Crippen LogP contribution in [0.1, 0.15) is 35.1 Å². The largest absolute Gasteiger partial charge is 0.347 e. The van der Waals surface area contributed by atoms with Gasteiger partial charge in [0.1, 0.15) is 5.69 Å². The molecule has 112 valence electrons. The molecule has 2 aromatic rings. The van der Waals surface area contributed by atoms with Gasteiger partial charge in [-0.15, -0.1) is 0 Å². The zero-order valence-electron chi connectivity index (χ0n) is 11.9. The highest BCUT2D eigenvalue weighted by molar-refractivity contribution is 5.93. The Kier molecular flexibility index (Phi) is 4.36. The number of H-pyrrole nitrogens is 1. The molecule has 0 aliphatic heterocycles. The summed E-state index contributed by atoms with van der Waals surface area (Å²) in [7, 11) is 0. The normalized spacial score (nSPS) is 10.6. The van der Waals surface area contributed by atoms with Crippen molar-refractivity contribution in [2.45, 2.75) is 33.4 Å². The molecule has 0 unspecified atom stereocenters. The molecule has 0 bridgehead atoms. The highest BCUT2D eigenvalue weighted by Gasteiger charge is 2.19. The highest BCUT2D eigenvalue weighted by atomic mass is 16.6. The van der Waals surface area contributed by atoms with Gasteiger partial charge in [0.25, 0.3) is 11.6 Å². The molecule has 0 fully saturated rings. The number of rotatable bonds is 6. The quantitative estimate of drug-likeness (QED) is 0.624. The van der Waals surface area contributed by atoms with Gasteiger partial charge in [-0.25, -0.2) is 0 Å². The number of nitrogens with one attached hydrogen (secondary N) is 2. The van der Waals surface area contributed by atoms with E-state index in [9.17, 15) is 14.9 Å². The Hall–Kier alpha value is -2.64. The van der Waals surface area contributed by atoms with Gasteiger partial charge in [-0.1, -0.05) is 6.92 Å². The predicted octanol–water partition coefficient (Wildman–Crippen LogP) is 1.77. The lowest BCUT2D eigenvalue weighted by atomic mass is 10.2. The Labute approximate surface area is 121 Å². The second-order valence-corrected chi connectivity index (χ2v) is 4.74. The van der Waals surface area contributed by atoms with Crippen molar-refractivity contribution in [3.63, 3.8) is 0 Å². The van der Waals surface area contributed by atoms with Crippen LogP contribution in [0.5, 0.6) is 0 Å². The van der Waals surface area contributed by atoms with Gasteiger partial charge < -0.3 is 9.88 Å². The second kappa shape index (κ2) is 6.21. The minimum atomic E-state index is -0.497. The number of nitrogens with zero attached hydrogens (tertiary/aromatic N) is 3. The van der Waals surface area contributed by atoms with E-state index in [0.29, 0.717) is 18.8 Å². The van der Waals surface area contributed by atoms with Crippen molar-refractivity contribution >= 4 is 11.6 Å². The van der Waals surface area contributed by atoms with Crippen LogP contribution in [-0.2, 0) is 13.1 Å². The van der Waals surface area contributed by atoms with E-state index in [4.69, 9.17) is 0 Å². The lowest BCUT2D eigenvalue weighted by molar-refractivity contribution is -0.384. The minimum Gasteiger partial charge on any atom is -0.347 e. The number of carbonyl (C=O) groups is 1. The summed E-state index contributed by atoms with van der Waals surface area (Å²) in [6.07, 6.45) is 3.82. The average molecular weight is 291 g/mol. The van der Waals surface area contributed by atoms with Gasteiger partial charge in [-0.05, 0) is 13.3 Å². The summed E-state index contributed by atoms with van der Waals surface area (Å²) in [5, 5.41) is 20.2. The lowest BCUT2D eigenvalue weighted by Gasteiger charge is -2.07. The van der Waals surface area contributed by atoms with Crippen molar-refractivity contribution in [2.24, 2.45) is 0 Å². The first-order valence-electron chi connectivity index (χ1n) is 6.64. The van der Waals surface area contributed by atoms with Gasteiger partial charge >= 0.3 is 0 Å². The number of aryl methyl sites for hydroxylation is 2. The molecule has 0 saturated carbocycles. The van der Waals surface area contributed by atoms with E-state index in [1.54, 1.807) is 10.8 Å². The van der Waals surface area contributed by atoms with Crippen LogP contribution in [-0.4, -0.2) is 25.6 Å².